The third-order valence-electron chi connectivity index (χ3n) is 5.63. The zero-order valence-corrected chi connectivity index (χ0v) is 15.5. The molecule has 3 N–H and O–H groups in total. The molecule has 1 aliphatic carbocycles. The average Bonchev–Trinajstić information content (AvgIpc) is 2.67. The van der Waals surface area contributed by atoms with Crippen molar-refractivity contribution in [1.29, 1.82) is 0 Å². The molecule has 1 fully saturated rings. The van der Waals surface area contributed by atoms with Gasteiger partial charge in [-0.1, -0.05) is 74.6 Å². The molecule has 0 spiro atoms. The second kappa shape index (κ2) is 8.65. The van der Waals surface area contributed by atoms with Gasteiger partial charge in [-0.3, -0.25) is 4.79 Å². The van der Waals surface area contributed by atoms with Gasteiger partial charge >= 0.3 is 0 Å². The third-order valence-corrected chi connectivity index (χ3v) is 5.63. The van der Waals surface area contributed by atoms with Gasteiger partial charge in [0.15, 0.2) is 0 Å². The van der Waals surface area contributed by atoms with Crippen LogP contribution in [0.3, 0.4) is 0 Å². The quantitative estimate of drug-likeness (QED) is 0.838. The van der Waals surface area contributed by atoms with Gasteiger partial charge in [-0.25, -0.2) is 0 Å². The van der Waals surface area contributed by atoms with Crippen molar-refractivity contribution in [2.45, 2.75) is 63.6 Å². The highest BCUT2D eigenvalue weighted by molar-refractivity contribution is 5.87. The Hall–Kier alpha value is -1.91. The molecule has 140 valence electrons. The first-order valence-electron chi connectivity index (χ1n) is 9.75. The Morgan fingerprint density at radius 2 is 1.85 bits per heavy atom. The summed E-state index contributed by atoms with van der Waals surface area (Å²) in [6, 6.07) is 13.2. The van der Waals surface area contributed by atoms with Gasteiger partial charge in [0.1, 0.15) is 0 Å². The molecule has 1 amide bonds. The summed E-state index contributed by atoms with van der Waals surface area (Å²) in [6.45, 7) is 1.92. The standard InChI is InChI=1S/C22H29N2O2/c1-15(18-13-7-11-17-10-5-6-12-19(17)18)24-22(26)21(25)20(23)14-16-8-3-2-4-9-16/h5-7,10-13,15-16,20-21H,2-4,8-9,14,23H2,1H3,(H,24,26)/q-1/t15?,20-,21?/m1/s1. The van der Waals surface area contributed by atoms with Gasteiger partial charge in [0.25, 0.3) is 0 Å². The molecule has 3 atom stereocenters. The van der Waals surface area contributed by atoms with E-state index in [2.05, 4.69) is 5.32 Å². The number of hydrogen-bond donors (Lipinski definition) is 2. The van der Waals surface area contributed by atoms with E-state index < -0.39 is 18.1 Å². The SMILES string of the molecule is CC(NC(=O)C([O-])[C@H](N)CC1CCCCC1)c1cccc2ccccc12. The fourth-order valence-electron chi connectivity index (χ4n) is 4.13. The number of benzene rings is 2. The molecule has 2 aromatic carbocycles. The Morgan fingerprint density at radius 1 is 1.15 bits per heavy atom. The molecule has 26 heavy (non-hydrogen) atoms. The lowest BCUT2D eigenvalue weighted by atomic mass is 9.84. The van der Waals surface area contributed by atoms with Crippen LogP contribution in [0.5, 0.6) is 0 Å². The predicted octanol–water partition coefficient (Wildman–Crippen LogP) is 3.04. The number of amides is 1. The number of nitrogens with two attached hydrogens (primary N) is 1. The van der Waals surface area contributed by atoms with E-state index in [1.54, 1.807) is 0 Å². The Kier molecular flexibility index (Phi) is 6.28. The minimum Gasteiger partial charge on any atom is -0.844 e. The van der Waals surface area contributed by atoms with Crippen LogP contribution in [0.4, 0.5) is 0 Å². The lowest BCUT2D eigenvalue weighted by Crippen LogP contribution is -2.55. The van der Waals surface area contributed by atoms with E-state index >= 15 is 0 Å². The van der Waals surface area contributed by atoms with Crippen LogP contribution >= 0.6 is 0 Å². The number of hydrogen-bond acceptors (Lipinski definition) is 3. The molecule has 0 saturated heterocycles. The van der Waals surface area contributed by atoms with Gasteiger partial charge in [-0.05, 0) is 41.7 Å². The second-order valence-electron chi connectivity index (χ2n) is 7.62. The first-order valence-corrected chi connectivity index (χ1v) is 9.75. The molecule has 2 unspecified atom stereocenters. The Labute approximate surface area is 155 Å². The maximum absolute atomic E-state index is 12.5. The van der Waals surface area contributed by atoms with Gasteiger partial charge in [0, 0.05) is 6.04 Å². The summed E-state index contributed by atoms with van der Waals surface area (Å²) < 4.78 is 0. The zero-order valence-electron chi connectivity index (χ0n) is 15.5. The van der Waals surface area contributed by atoms with Crippen LogP contribution in [-0.2, 0) is 4.79 Å². The molecule has 0 radical (unpaired) electrons. The number of carbonyl (C=O) groups is 1. The van der Waals surface area contributed by atoms with Crippen molar-refractivity contribution in [2.75, 3.05) is 0 Å². The van der Waals surface area contributed by atoms with E-state index in [9.17, 15) is 9.90 Å². The average molecular weight is 353 g/mol. The van der Waals surface area contributed by atoms with Crippen LogP contribution in [0, 0.1) is 5.92 Å². The van der Waals surface area contributed by atoms with Gasteiger partial charge in [-0.2, -0.15) is 0 Å². The van der Waals surface area contributed by atoms with Crippen molar-refractivity contribution in [3.8, 4) is 0 Å². The van der Waals surface area contributed by atoms with Crippen LogP contribution in [0.15, 0.2) is 42.5 Å². The van der Waals surface area contributed by atoms with Crippen LogP contribution in [0.25, 0.3) is 10.8 Å². The zero-order chi connectivity index (χ0) is 18.5. The first kappa shape index (κ1) is 18.9. The van der Waals surface area contributed by atoms with Crippen molar-refractivity contribution >= 4 is 16.7 Å². The summed E-state index contributed by atoms with van der Waals surface area (Å²) in [5, 5.41) is 17.6. The van der Waals surface area contributed by atoms with E-state index in [-0.39, 0.29) is 6.04 Å². The highest BCUT2D eigenvalue weighted by Gasteiger charge is 2.22. The fourth-order valence-corrected chi connectivity index (χ4v) is 4.13. The number of fused-ring (bicyclic) bond motifs is 1. The van der Waals surface area contributed by atoms with E-state index in [4.69, 9.17) is 5.73 Å². The second-order valence-corrected chi connectivity index (χ2v) is 7.62. The molecular weight excluding hydrogens is 324 g/mol. The van der Waals surface area contributed by atoms with Crippen molar-refractivity contribution in [3.63, 3.8) is 0 Å². The maximum Gasteiger partial charge on any atom is 0.208 e. The van der Waals surface area contributed by atoms with E-state index in [1.807, 2.05) is 49.4 Å². The fraction of sp³-hybridized carbons (Fsp3) is 0.500. The molecule has 4 heteroatoms. The van der Waals surface area contributed by atoms with Crippen molar-refractivity contribution in [2.24, 2.45) is 11.7 Å². The Bertz CT molecular complexity index is 735. The molecule has 0 heterocycles. The molecule has 0 aliphatic heterocycles. The maximum atomic E-state index is 12.5. The summed E-state index contributed by atoms with van der Waals surface area (Å²) in [6.07, 6.45) is 5.22. The molecule has 0 aromatic heterocycles. The Morgan fingerprint density at radius 3 is 2.62 bits per heavy atom. The van der Waals surface area contributed by atoms with Crippen molar-refractivity contribution < 1.29 is 9.90 Å². The van der Waals surface area contributed by atoms with Crippen LogP contribution < -0.4 is 16.2 Å². The number of nitrogens with one attached hydrogen (secondary N) is 1. The number of rotatable bonds is 6. The minimum absolute atomic E-state index is 0.230. The van der Waals surface area contributed by atoms with Crippen molar-refractivity contribution in [1.82, 2.24) is 5.32 Å². The third kappa shape index (κ3) is 4.43. The van der Waals surface area contributed by atoms with Crippen LogP contribution in [0.1, 0.15) is 57.1 Å². The first-order chi connectivity index (χ1) is 12.6. The minimum atomic E-state index is -1.41. The summed E-state index contributed by atoms with van der Waals surface area (Å²) in [5.74, 6) is 0.00670. The van der Waals surface area contributed by atoms with E-state index in [1.165, 1.54) is 19.3 Å². The summed E-state index contributed by atoms with van der Waals surface area (Å²) in [7, 11) is 0. The summed E-state index contributed by atoms with van der Waals surface area (Å²) in [4.78, 5) is 12.4. The number of carbonyl (C=O) groups excluding carboxylic acids is 1. The normalized spacial score (nSPS) is 19.0. The lowest BCUT2D eigenvalue weighted by Gasteiger charge is -2.33. The van der Waals surface area contributed by atoms with Gasteiger partial charge < -0.3 is 16.2 Å². The lowest BCUT2D eigenvalue weighted by molar-refractivity contribution is -0.409. The molecular formula is C22H29N2O2-. The molecule has 2 aromatic rings. The largest absolute Gasteiger partial charge is 0.844 e. The highest BCUT2D eigenvalue weighted by Crippen LogP contribution is 2.28. The monoisotopic (exact) mass is 353 g/mol. The topological polar surface area (TPSA) is 78.2 Å². The van der Waals surface area contributed by atoms with Gasteiger partial charge in [-0.15, -0.1) is 0 Å². The molecule has 1 saturated carbocycles. The highest BCUT2D eigenvalue weighted by atomic mass is 16.3. The smallest absolute Gasteiger partial charge is 0.208 e. The molecule has 1 aliphatic rings. The summed E-state index contributed by atoms with van der Waals surface area (Å²) in [5.41, 5.74) is 7.10. The molecule has 3 rings (SSSR count). The molecule has 4 nitrogen and oxygen atoms in total. The van der Waals surface area contributed by atoms with Crippen LogP contribution in [0.2, 0.25) is 0 Å². The van der Waals surface area contributed by atoms with Gasteiger partial charge in [0.05, 0.1) is 6.04 Å². The predicted molar refractivity (Wildman–Crippen MR) is 103 cm³/mol. The van der Waals surface area contributed by atoms with Crippen LogP contribution in [-0.4, -0.2) is 18.1 Å². The Balaban J connectivity index is 1.62. The molecule has 0 bridgehead atoms. The van der Waals surface area contributed by atoms with Gasteiger partial charge in [0.2, 0.25) is 5.91 Å². The van der Waals surface area contributed by atoms with E-state index in [0.29, 0.717) is 12.3 Å². The van der Waals surface area contributed by atoms with Crippen molar-refractivity contribution in [3.05, 3.63) is 48.0 Å². The summed E-state index contributed by atoms with van der Waals surface area (Å²) >= 11 is 0. The van der Waals surface area contributed by atoms with E-state index in [0.717, 1.165) is 29.2 Å².